The van der Waals surface area contributed by atoms with E-state index in [1.54, 1.807) is 4.90 Å². The zero-order chi connectivity index (χ0) is 16.2. The normalized spacial score (nSPS) is 23.7. The highest BCUT2D eigenvalue weighted by molar-refractivity contribution is 5.69. The summed E-state index contributed by atoms with van der Waals surface area (Å²) in [4.78, 5) is 13.4. The fourth-order valence-corrected chi connectivity index (χ4v) is 3.61. The smallest absolute Gasteiger partial charge is 0.410 e. The first-order valence-electron chi connectivity index (χ1n) is 8.83. The van der Waals surface area contributed by atoms with E-state index in [9.17, 15) is 4.79 Å². The lowest BCUT2D eigenvalue weighted by molar-refractivity contribution is 0.123. The molecule has 1 amide bonds. The lowest BCUT2D eigenvalue weighted by Crippen LogP contribution is -2.25. The summed E-state index contributed by atoms with van der Waals surface area (Å²) in [5.74, 6) is 1.61. The molecule has 0 bridgehead atoms. The van der Waals surface area contributed by atoms with Gasteiger partial charge in [-0.2, -0.15) is 0 Å². The predicted molar refractivity (Wildman–Crippen MR) is 89.5 cm³/mol. The molecule has 1 saturated carbocycles. The standard InChI is InChI=1S/C19H27NO3/c1-14-12-20(19(21)22-14)13-16-8-10-18(11-9-16)23-15(2)17-6-4-3-5-7-17/h8-11,14-15,17H,3-7,12-13H2,1-2H3/t14-,15?/m0/s1. The van der Waals surface area contributed by atoms with Gasteiger partial charge < -0.3 is 14.4 Å². The van der Waals surface area contributed by atoms with Crippen LogP contribution in [0.25, 0.3) is 0 Å². The lowest BCUT2D eigenvalue weighted by Gasteiger charge is -2.28. The van der Waals surface area contributed by atoms with Gasteiger partial charge >= 0.3 is 6.09 Å². The van der Waals surface area contributed by atoms with Gasteiger partial charge in [-0.15, -0.1) is 0 Å². The molecule has 1 unspecified atom stereocenters. The number of hydrogen-bond acceptors (Lipinski definition) is 3. The van der Waals surface area contributed by atoms with Crippen LogP contribution in [0.4, 0.5) is 4.79 Å². The van der Waals surface area contributed by atoms with Crippen LogP contribution in [-0.4, -0.2) is 29.7 Å². The quantitative estimate of drug-likeness (QED) is 0.809. The van der Waals surface area contributed by atoms with Gasteiger partial charge in [0, 0.05) is 6.54 Å². The predicted octanol–water partition coefficient (Wildman–Crippen LogP) is 4.37. The molecule has 0 spiro atoms. The van der Waals surface area contributed by atoms with Crippen molar-refractivity contribution in [1.82, 2.24) is 4.90 Å². The number of carbonyl (C=O) groups excluding carboxylic acids is 1. The van der Waals surface area contributed by atoms with E-state index < -0.39 is 0 Å². The van der Waals surface area contributed by atoms with Gasteiger partial charge in [-0.05, 0) is 50.3 Å². The van der Waals surface area contributed by atoms with Gasteiger partial charge in [-0.3, -0.25) is 0 Å². The first-order valence-corrected chi connectivity index (χ1v) is 8.83. The Kier molecular flexibility index (Phi) is 5.09. The number of carbonyl (C=O) groups is 1. The molecule has 23 heavy (non-hydrogen) atoms. The largest absolute Gasteiger partial charge is 0.490 e. The average molecular weight is 317 g/mol. The summed E-state index contributed by atoms with van der Waals surface area (Å²) in [5, 5.41) is 0. The van der Waals surface area contributed by atoms with Crippen LogP contribution in [0.2, 0.25) is 0 Å². The minimum atomic E-state index is -0.219. The van der Waals surface area contributed by atoms with Crippen LogP contribution in [0.5, 0.6) is 5.75 Å². The monoisotopic (exact) mass is 317 g/mol. The fourth-order valence-electron chi connectivity index (χ4n) is 3.61. The van der Waals surface area contributed by atoms with Gasteiger partial charge in [0.2, 0.25) is 0 Å². The summed E-state index contributed by atoms with van der Waals surface area (Å²) < 4.78 is 11.3. The van der Waals surface area contributed by atoms with Crippen LogP contribution < -0.4 is 4.74 Å². The highest BCUT2D eigenvalue weighted by Crippen LogP contribution is 2.29. The maximum atomic E-state index is 11.7. The Morgan fingerprint density at radius 1 is 1.22 bits per heavy atom. The SMILES string of the molecule is CC(Oc1ccc(CN2C[C@H](C)OC2=O)cc1)C1CCCCC1. The highest BCUT2D eigenvalue weighted by atomic mass is 16.6. The molecule has 1 aromatic carbocycles. The van der Waals surface area contributed by atoms with E-state index in [1.165, 1.54) is 32.1 Å². The molecular weight excluding hydrogens is 290 g/mol. The lowest BCUT2D eigenvalue weighted by atomic mass is 9.86. The van der Waals surface area contributed by atoms with E-state index in [4.69, 9.17) is 9.47 Å². The van der Waals surface area contributed by atoms with Gasteiger partial charge in [-0.25, -0.2) is 4.79 Å². The number of hydrogen-bond donors (Lipinski definition) is 0. The van der Waals surface area contributed by atoms with Crippen molar-refractivity contribution in [2.45, 2.75) is 64.7 Å². The first kappa shape index (κ1) is 16.2. The van der Waals surface area contributed by atoms with Crippen molar-refractivity contribution in [1.29, 1.82) is 0 Å². The van der Waals surface area contributed by atoms with Crippen molar-refractivity contribution in [3.63, 3.8) is 0 Å². The molecule has 0 radical (unpaired) electrons. The first-order chi connectivity index (χ1) is 11.1. The van der Waals surface area contributed by atoms with E-state index >= 15 is 0 Å². The third-order valence-corrected chi connectivity index (χ3v) is 4.97. The van der Waals surface area contributed by atoms with E-state index in [-0.39, 0.29) is 18.3 Å². The molecule has 1 aliphatic carbocycles. The molecule has 1 aliphatic heterocycles. The Morgan fingerprint density at radius 3 is 2.52 bits per heavy atom. The molecule has 1 heterocycles. The summed E-state index contributed by atoms with van der Waals surface area (Å²) in [6, 6.07) is 8.11. The molecule has 3 rings (SSSR count). The molecule has 126 valence electrons. The Balaban J connectivity index is 1.53. The third-order valence-electron chi connectivity index (χ3n) is 4.97. The topological polar surface area (TPSA) is 38.8 Å². The molecular formula is C19H27NO3. The summed E-state index contributed by atoms with van der Waals surface area (Å²) in [5.41, 5.74) is 1.11. The van der Waals surface area contributed by atoms with Crippen LogP contribution in [0, 0.1) is 5.92 Å². The number of amides is 1. The van der Waals surface area contributed by atoms with Crippen molar-refractivity contribution in [2.24, 2.45) is 5.92 Å². The van der Waals surface area contributed by atoms with Crippen molar-refractivity contribution in [3.05, 3.63) is 29.8 Å². The van der Waals surface area contributed by atoms with Crippen LogP contribution >= 0.6 is 0 Å². The van der Waals surface area contributed by atoms with Gasteiger partial charge in [-0.1, -0.05) is 31.4 Å². The highest BCUT2D eigenvalue weighted by Gasteiger charge is 2.27. The fraction of sp³-hybridized carbons (Fsp3) is 0.632. The summed E-state index contributed by atoms with van der Waals surface area (Å²) in [6.45, 7) is 5.37. The molecule has 4 nitrogen and oxygen atoms in total. The molecule has 0 N–H and O–H groups in total. The van der Waals surface area contributed by atoms with Gasteiger partial charge in [0.15, 0.2) is 0 Å². The molecule has 1 aromatic rings. The molecule has 1 saturated heterocycles. The molecule has 0 aromatic heterocycles. The Morgan fingerprint density at radius 2 is 1.91 bits per heavy atom. The second-order valence-electron chi connectivity index (χ2n) is 6.94. The van der Waals surface area contributed by atoms with Crippen molar-refractivity contribution in [3.8, 4) is 5.75 Å². The number of cyclic esters (lactones) is 1. The third kappa shape index (κ3) is 4.18. The second kappa shape index (κ2) is 7.24. The maximum Gasteiger partial charge on any atom is 0.410 e. The van der Waals surface area contributed by atoms with Gasteiger partial charge in [0.1, 0.15) is 11.9 Å². The van der Waals surface area contributed by atoms with E-state index in [0.29, 0.717) is 19.0 Å². The Bertz CT molecular complexity index is 522. The Hall–Kier alpha value is -1.71. The Labute approximate surface area is 138 Å². The van der Waals surface area contributed by atoms with Gasteiger partial charge in [0.05, 0.1) is 12.6 Å². The van der Waals surface area contributed by atoms with Crippen LogP contribution in [-0.2, 0) is 11.3 Å². The zero-order valence-corrected chi connectivity index (χ0v) is 14.2. The van der Waals surface area contributed by atoms with E-state index in [2.05, 4.69) is 6.92 Å². The molecule has 4 heteroatoms. The minimum Gasteiger partial charge on any atom is -0.490 e. The summed E-state index contributed by atoms with van der Waals surface area (Å²) in [7, 11) is 0. The minimum absolute atomic E-state index is 0.0125. The van der Waals surface area contributed by atoms with Crippen LogP contribution in [0.1, 0.15) is 51.5 Å². The number of ether oxygens (including phenoxy) is 2. The molecule has 2 atom stereocenters. The summed E-state index contributed by atoms with van der Waals surface area (Å²) in [6.07, 6.45) is 6.66. The number of nitrogens with zero attached hydrogens (tertiary/aromatic N) is 1. The summed E-state index contributed by atoms with van der Waals surface area (Å²) >= 11 is 0. The van der Waals surface area contributed by atoms with E-state index in [1.807, 2.05) is 31.2 Å². The van der Waals surface area contributed by atoms with Crippen molar-refractivity contribution < 1.29 is 14.3 Å². The van der Waals surface area contributed by atoms with Crippen molar-refractivity contribution in [2.75, 3.05) is 6.54 Å². The second-order valence-corrected chi connectivity index (χ2v) is 6.94. The molecule has 2 fully saturated rings. The number of rotatable bonds is 5. The van der Waals surface area contributed by atoms with E-state index in [0.717, 1.165) is 11.3 Å². The maximum absolute atomic E-state index is 11.7. The number of benzene rings is 1. The molecule has 2 aliphatic rings. The zero-order valence-electron chi connectivity index (χ0n) is 14.2. The van der Waals surface area contributed by atoms with Gasteiger partial charge in [0.25, 0.3) is 0 Å². The van der Waals surface area contributed by atoms with Crippen LogP contribution in [0.3, 0.4) is 0 Å². The average Bonchev–Trinajstić information content (AvgIpc) is 2.87. The van der Waals surface area contributed by atoms with Crippen LogP contribution in [0.15, 0.2) is 24.3 Å². The van der Waals surface area contributed by atoms with Crippen molar-refractivity contribution >= 4 is 6.09 Å².